The molecule has 0 spiro atoms. The minimum Gasteiger partial charge on any atom is -0.480 e. The summed E-state index contributed by atoms with van der Waals surface area (Å²) in [6.45, 7) is 0. The molecule has 0 heterocycles. The molecule has 112 valence electrons. The molecule has 1 aromatic rings. The van der Waals surface area contributed by atoms with Crippen molar-refractivity contribution in [2.45, 2.75) is 17.4 Å². The van der Waals surface area contributed by atoms with Crippen molar-refractivity contribution in [1.82, 2.24) is 4.72 Å². The van der Waals surface area contributed by atoms with Crippen LogP contribution in [-0.2, 0) is 14.8 Å². The molecule has 0 amide bonds. The van der Waals surface area contributed by atoms with Gasteiger partial charge in [0.1, 0.15) is 11.9 Å². The third-order valence-electron chi connectivity index (χ3n) is 2.39. The number of carbonyl (C=O) groups is 1. The van der Waals surface area contributed by atoms with Gasteiger partial charge in [0.05, 0.1) is 4.90 Å². The fraction of sp³-hybridized carbons (Fsp3) is 0.364. The van der Waals surface area contributed by atoms with Crippen LogP contribution < -0.4 is 4.72 Å². The maximum atomic E-state index is 13.0. The fourth-order valence-electron chi connectivity index (χ4n) is 1.41. The third-order valence-corrected chi connectivity index (χ3v) is 5.48. The van der Waals surface area contributed by atoms with Gasteiger partial charge in [0.25, 0.3) is 0 Å². The van der Waals surface area contributed by atoms with Gasteiger partial charge in [0.15, 0.2) is 0 Å². The van der Waals surface area contributed by atoms with Gasteiger partial charge in [-0.2, -0.15) is 16.5 Å². The van der Waals surface area contributed by atoms with E-state index in [1.807, 2.05) is 0 Å². The number of nitrogens with one attached hydrogen (secondary N) is 1. The van der Waals surface area contributed by atoms with Crippen LogP contribution >= 0.6 is 27.7 Å². The van der Waals surface area contributed by atoms with E-state index in [1.54, 1.807) is 6.26 Å². The molecule has 0 aliphatic heterocycles. The van der Waals surface area contributed by atoms with Crippen molar-refractivity contribution in [3.63, 3.8) is 0 Å². The van der Waals surface area contributed by atoms with Crippen LogP contribution in [0.2, 0.25) is 0 Å². The Bertz CT molecular complexity index is 594. The van der Waals surface area contributed by atoms with E-state index in [2.05, 4.69) is 20.7 Å². The number of rotatable bonds is 7. The Morgan fingerprint density at radius 3 is 2.70 bits per heavy atom. The quantitative estimate of drug-likeness (QED) is 0.750. The molecule has 0 aliphatic carbocycles. The number of carboxylic acid groups (broad SMARTS) is 1. The molecule has 0 bridgehead atoms. The number of carboxylic acids is 1. The van der Waals surface area contributed by atoms with E-state index in [4.69, 9.17) is 5.11 Å². The third kappa shape index (κ3) is 4.72. The van der Waals surface area contributed by atoms with Crippen molar-refractivity contribution in [2.75, 3.05) is 12.0 Å². The number of sulfonamides is 1. The van der Waals surface area contributed by atoms with Gasteiger partial charge in [-0.15, -0.1) is 0 Å². The van der Waals surface area contributed by atoms with Gasteiger partial charge >= 0.3 is 5.97 Å². The summed E-state index contributed by atoms with van der Waals surface area (Å²) in [5.41, 5.74) is 0. The second-order valence-corrected chi connectivity index (χ2v) is 7.39. The van der Waals surface area contributed by atoms with Crippen LogP contribution in [0.25, 0.3) is 0 Å². The van der Waals surface area contributed by atoms with Crippen molar-refractivity contribution >= 4 is 43.7 Å². The molecule has 1 atom stereocenters. The molecule has 0 radical (unpaired) electrons. The lowest BCUT2D eigenvalue weighted by Gasteiger charge is -2.15. The van der Waals surface area contributed by atoms with Crippen LogP contribution in [0.4, 0.5) is 4.39 Å². The lowest BCUT2D eigenvalue weighted by atomic mass is 10.2. The van der Waals surface area contributed by atoms with Crippen LogP contribution in [0.1, 0.15) is 6.42 Å². The summed E-state index contributed by atoms with van der Waals surface area (Å²) in [5.74, 6) is -1.33. The number of benzene rings is 1. The van der Waals surface area contributed by atoms with Gasteiger partial charge < -0.3 is 5.11 Å². The summed E-state index contributed by atoms with van der Waals surface area (Å²) in [6.07, 6.45) is 1.96. The molecule has 5 nitrogen and oxygen atoms in total. The number of thioether (sulfide) groups is 1. The Hall–Kier alpha value is -0.640. The number of hydrogen-bond acceptors (Lipinski definition) is 4. The fourth-order valence-corrected chi connectivity index (χ4v) is 4.16. The number of halogens is 2. The predicted molar refractivity (Wildman–Crippen MR) is 78.8 cm³/mol. The summed E-state index contributed by atoms with van der Waals surface area (Å²) in [6, 6.07) is 1.86. The average molecular weight is 386 g/mol. The largest absolute Gasteiger partial charge is 0.480 e. The zero-order valence-corrected chi connectivity index (χ0v) is 13.7. The van der Waals surface area contributed by atoms with Crippen LogP contribution in [0.5, 0.6) is 0 Å². The molecule has 1 unspecified atom stereocenters. The standard InChI is InChI=1S/C11H13BrFNO4S2/c1-19-5-4-9(11(15)16)14-20(17,18)10-3-2-7(13)6-8(10)12/h2-3,6,9,14H,4-5H2,1H3,(H,15,16). The molecule has 0 aromatic heterocycles. The lowest BCUT2D eigenvalue weighted by molar-refractivity contribution is -0.139. The molecule has 0 saturated heterocycles. The highest BCUT2D eigenvalue weighted by Gasteiger charge is 2.26. The first-order valence-electron chi connectivity index (χ1n) is 5.47. The van der Waals surface area contributed by atoms with Crippen molar-refractivity contribution in [3.05, 3.63) is 28.5 Å². The molecule has 0 aliphatic rings. The van der Waals surface area contributed by atoms with Gasteiger partial charge in [-0.05, 0) is 52.6 Å². The SMILES string of the molecule is CSCCC(NS(=O)(=O)c1ccc(F)cc1Br)C(=O)O. The van der Waals surface area contributed by atoms with Gasteiger partial charge in [-0.3, -0.25) is 4.79 Å². The molecule has 9 heteroatoms. The topological polar surface area (TPSA) is 83.5 Å². The second-order valence-electron chi connectivity index (χ2n) is 3.87. The van der Waals surface area contributed by atoms with Crippen molar-refractivity contribution in [2.24, 2.45) is 0 Å². The van der Waals surface area contributed by atoms with E-state index in [1.165, 1.54) is 11.8 Å². The molecule has 1 rings (SSSR count). The molecule has 1 aromatic carbocycles. The van der Waals surface area contributed by atoms with E-state index in [0.717, 1.165) is 18.2 Å². The minimum atomic E-state index is -4.04. The molecule has 0 fully saturated rings. The maximum absolute atomic E-state index is 13.0. The Kier molecular flexibility index (Phi) is 6.44. The summed E-state index contributed by atoms with van der Waals surface area (Å²) in [4.78, 5) is 10.8. The zero-order chi connectivity index (χ0) is 15.3. The molecule has 0 saturated carbocycles. The molecular formula is C11H13BrFNO4S2. The van der Waals surface area contributed by atoms with Crippen molar-refractivity contribution in [3.8, 4) is 0 Å². The summed E-state index contributed by atoms with van der Waals surface area (Å²) in [5, 5.41) is 9.02. The van der Waals surface area contributed by atoms with E-state index in [-0.39, 0.29) is 15.8 Å². The first-order chi connectivity index (χ1) is 9.27. The minimum absolute atomic E-state index is 0.0407. The Labute approximate surface area is 129 Å². The Morgan fingerprint density at radius 2 is 2.20 bits per heavy atom. The highest BCUT2D eigenvalue weighted by molar-refractivity contribution is 9.10. The van der Waals surface area contributed by atoms with Gasteiger partial charge in [0, 0.05) is 4.47 Å². The van der Waals surface area contributed by atoms with Gasteiger partial charge in [0.2, 0.25) is 10.0 Å². The molecule has 2 N–H and O–H groups in total. The normalized spacial score (nSPS) is 13.2. The highest BCUT2D eigenvalue weighted by atomic mass is 79.9. The van der Waals surface area contributed by atoms with Crippen molar-refractivity contribution < 1.29 is 22.7 Å². The first kappa shape index (κ1) is 17.4. The van der Waals surface area contributed by atoms with E-state index >= 15 is 0 Å². The Morgan fingerprint density at radius 1 is 1.55 bits per heavy atom. The lowest BCUT2D eigenvalue weighted by Crippen LogP contribution is -2.41. The van der Waals surface area contributed by atoms with Crippen LogP contribution in [0.15, 0.2) is 27.6 Å². The maximum Gasteiger partial charge on any atom is 0.321 e. The predicted octanol–water partition coefficient (Wildman–Crippen LogP) is 2.07. The first-order valence-corrected chi connectivity index (χ1v) is 9.14. The monoisotopic (exact) mass is 385 g/mol. The van der Waals surface area contributed by atoms with E-state index in [0.29, 0.717) is 5.75 Å². The number of hydrogen-bond donors (Lipinski definition) is 2. The van der Waals surface area contributed by atoms with Crippen LogP contribution in [-0.4, -0.2) is 37.5 Å². The summed E-state index contributed by atoms with van der Waals surface area (Å²) >= 11 is 4.37. The highest BCUT2D eigenvalue weighted by Crippen LogP contribution is 2.23. The molecular weight excluding hydrogens is 373 g/mol. The smallest absolute Gasteiger partial charge is 0.321 e. The molecule has 20 heavy (non-hydrogen) atoms. The van der Waals surface area contributed by atoms with Crippen LogP contribution in [0, 0.1) is 5.82 Å². The zero-order valence-electron chi connectivity index (χ0n) is 10.5. The Balaban J connectivity index is 3.00. The second kappa shape index (κ2) is 7.39. The number of aliphatic carboxylic acids is 1. The van der Waals surface area contributed by atoms with Crippen LogP contribution in [0.3, 0.4) is 0 Å². The summed E-state index contributed by atoms with van der Waals surface area (Å²) in [7, 11) is -4.04. The summed E-state index contributed by atoms with van der Waals surface area (Å²) < 4.78 is 39.3. The van der Waals surface area contributed by atoms with Gasteiger partial charge in [-0.25, -0.2) is 12.8 Å². The van der Waals surface area contributed by atoms with E-state index in [9.17, 15) is 17.6 Å². The van der Waals surface area contributed by atoms with E-state index < -0.39 is 27.9 Å². The van der Waals surface area contributed by atoms with Crippen molar-refractivity contribution in [1.29, 1.82) is 0 Å². The van der Waals surface area contributed by atoms with Gasteiger partial charge in [-0.1, -0.05) is 0 Å². The average Bonchev–Trinajstić information content (AvgIpc) is 2.33.